The summed E-state index contributed by atoms with van der Waals surface area (Å²) in [5, 5.41) is 5.19. The van der Waals surface area contributed by atoms with Gasteiger partial charge in [-0.1, -0.05) is 20.8 Å². The fraction of sp³-hybridized carbons (Fsp3) is 0.571. The highest BCUT2D eigenvalue weighted by Crippen LogP contribution is 2.43. The van der Waals surface area contributed by atoms with Crippen molar-refractivity contribution in [3.8, 4) is 0 Å². The third-order valence-electron chi connectivity index (χ3n) is 6.11. The molecule has 4 amide bonds. The Hall–Kier alpha value is -2.58. The smallest absolute Gasteiger partial charge is 0.325 e. The second kappa shape index (κ2) is 7.59. The molecular formula is C21H26F3N3O3. The van der Waals surface area contributed by atoms with Crippen molar-refractivity contribution in [2.24, 2.45) is 11.3 Å². The van der Waals surface area contributed by atoms with E-state index in [0.717, 1.165) is 42.0 Å². The SMILES string of the molecule is CC(C)(C)C1CCC2(CC1)NC(=O)N(CC(=O)Nc1ccc(C(F)(F)F)cc1)C2=O. The first-order chi connectivity index (χ1) is 13.8. The fourth-order valence-electron chi connectivity index (χ4n) is 4.22. The molecule has 0 radical (unpaired) electrons. The van der Waals surface area contributed by atoms with Crippen LogP contribution in [0.15, 0.2) is 24.3 Å². The molecule has 1 heterocycles. The summed E-state index contributed by atoms with van der Waals surface area (Å²) in [6.07, 6.45) is -1.81. The minimum atomic E-state index is -4.47. The van der Waals surface area contributed by atoms with Crippen molar-refractivity contribution in [1.29, 1.82) is 0 Å². The molecule has 2 N–H and O–H groups in total. The molecule has 1 saturated carbocycles. The van der Waals surface area contributed by atoms with Gasteiger partial charge in [-0.05, 0) is 61.3 Å². The lowest BCUT2D eigenvalue weighted by Crippen LogP contribution is -2.50. The van der Waals surface area contributed by atoms with Crippen LogP contribution in [0.3, 0.4) is 0 Å². The lowest BCUT2D eigenvalue weighted by Gasteiger charge is -2.40. The van der Waals surface area contributed by atoms with Crippen LogP contribution in [0.5, 0.6) is 0 Å². The van der Waals surface area contributed by atoms with E-state index in [2.05, 4.69) is 31.4 Å². The van der Waals surface area contributed by atoms with Crippen LogP contribution < -0.4 is 10.6 Å². The molecule has 1 spiro atoms. The van der Waals surface area contributed by atoms with Crippen LogP contribution in [0.1, 0.15) is 52.0 Å². The first-order valence-electron chi connectivity index (χ1n) is 9.93. The number of alkyl halides is 3. The van der Waals surface area contributed by atoms with Gasteiger partial charge in [0, 0.05) is 5.69 Å². The molecule has 1 aromatic carbocycles. The number of imide groups is 1. The van der Waals surface area contributed by atoms with Gasteiger partial charge in [0.25, 0.3) is 5.91 Å². The molecule has 1 saturated heterocycles. The average molecular weight is 425 g/mol. The highest BCUT2D eigenvalue weighted by molar-refractivity contribution is 6.10. The predicted molar refractivity (Wildman–Crippen MR) is 104 cm³/mol. The number of anilines is 1. The topological polar surface area (TPSA) is 78.5 Å². The summed E-state index contributed by atoms with van der Waals surface area (Å²) in [6, 6.07) is 3.35. The number of benzene rings is 1. The lowest BCUT2D eigenvalue weighted by molar-refractivity contribution is -0.137. The van der Waals surface area contributed by atoms with Crippen molar-refractivity contribution in [2.75, 3.05) is 11.9 Å². The summed E-state index contributed by atoms with van der Waals surface area (Å²) >= 11 is 0. The fourth-order valence-corrected chi connectivity index (χ4v) is 4.22. The number of nitrogens with one attached hydrogen (secondary N) is 2. The van der Waals surface area contributed by atoms with Gasteiger partial charge in [0.15, 0.2) is 0 Å². The van der Waals surface area contributed by atoms with Gasteiger partial charge in [0.2, 0.25) is 5.91 Å². The maximum atomic E-state index is 12.9. The summed E-state index contributed by atoms with van der Waals surface area (Å²) in [7, 11) is 0. The molecule has 30 heavy (non-hydrogen) atoms. The molecule has 1 aliphatic carbocycles. The number of urea groups is 1. The summed E-state index contributed by atoms with van der Waals surface area (Å²) in [4.78, 5) is 38.5. The highest BCUT2D eigenvalue weighted by Gasteiger charge is 2.53. The molecule has 2 aliphatic rings. The molecule has 164 valence electrons. The molecular weight excluding hydrogens is 399 g/mol. The molecule has 0 unspecified atom stereocenters. The molecule has 0 bridgehead atoms. The van der Waals surface area contributed by atoms with Crippen molar-refractivity contribution in [2.45, 2.75) is 58.2 Å². The third-order valence-corrected chi connectivity index (χ3v) is 6.11. The molecule has 9 heteroatoms. The maximum Gasteiger partial charge on any atom is 0.416 e. The van der Waals surface area contributed by atoms with Crippen molar-refractivity contribution in [1.82, 2.24) is 10.2 Å². The van der Waals surface area contributed by atoms with Crippen LogP contribution in [0, 0.1) is 11.3 Å². The van der Waals surface area contributed by atoms with Gasteiger partial charge >= 0.3 is 12.2 Å². The van der Waals surface area contributed by atoms with Gasteiger partial charge in [-0.2, -0.15) is 13.2 Å². The Morgan fingerprint density at radius 1 is 1.13 bits per heavy atom. The second-order valence-electron chi connectivity index (χ2n) is 9.17. The largest absolute Gasteiger partial charge is 0.416 e. The molecule has 0 aromatic heterocycles. The number of rotatable bonds is 3. The van der Waals surface area contributed by atoms with E-state index in [1.54, 1.807) is 0 Å². The Kier molecular flexibility index (Phi) is 5.60. The van der Waals surface area contributed by atoms with Crippen molar-refractivity contribution in [3.63, 3.8) is 0 Å². The normalized spacial score (nSPS) is 24.9. The monoisotopic (exact) mass is 425 g/mol. The zero-order valence-electron chi connectivity index (χ0n) is 17.2. The van der Waals surface area contributed by atoms with Gasteiger partial charge in [-0.3, -0.25) is 14.5 Å². The van der Waals surface area contributed by atoms with Gasteiger partial charge < -0.3 is 10.6 Å². The van der Waals surface area contributed by atoms with E-state index in [1.807, 2.05) is 0 Å². The standard InChI is InChI=1S/C21H26F3N3O3/c1-19(2,3)13-8-10-20(11-9-13)17(29)27(18(30)26-20)12-16(28)25-15-6-4-14(5-7-15)21(22,23)24/h4-7,13H,8-12H2,1-3H3,(H,25,28)(H,26,30). The minimum absolute atomic E-state index is 0.120. The number of carbonyl (C=O) groups is 3. The molecule has 0 atom stereocenters. The third kappa shape index (κ3) is 4.44. The van der Waals surface area contributed by atoms with Crippen LogP contribution in [0.2, 0.25) is 0 Å². The summed E-state index contributed by atoms with van der Waals surface area (Å²) in [5.41, 5.74) is -1.52. The van der Waals surface area contributed by atoms with Crippen LogP contribution in [-0.4, -0.2) is 34.8 Å². The number of halogens is 3. The molecule has 3 rings (SSSR count). The molecule has 1 aliphatic heterocycles. The van der Waals surface area contributed by atoms with E-state index < -0.39 is 41.7 Å². The first-order valence-corrected chi connectivity index (χ1v) is 9.93. The average Bonchev–Trinajstić information content (AvgIpc) is 2.85. The van der Waals surface area contributed by atoms with Crippen LogP contribution >= 0.6 is 0 Å². The van der Waals surface area contributed by atoms with Gasteiger partial charge in [0.05, 0.1) is 5.56 Å². The van der Waals surface area contributed by atoms with Crippen molar-refractivity contribution in [3.05, 3.63) is 29.8 Å². The Labute approximate surface area is 173 Å². The van der Waals surface area contributed by atoms with Gasteiger partial charge in [-0.25, -0.2) is 4.79 Å². The van der Waals surface area contributed by atoms with Crippen LogP contribution in [-0.2, 0) is 15.8 Å². The quantitative estimate of drug-likeness (QED) is 0.714. The van der Waals surface area contributed by atoms with E-state index in [1.165, 1.54) is 0 Å². The maximum absolute atomic E-state index is 12.9. The number of carbonyl (C=O) groups excluding carboxylic acids is 3. The zero-order chi connectivity index (χ0) is 22.3. The number of hydrogen-bond acceptors (Lipinski definition) is 3. The van der Waals surface area contributed by atoms with E-state index in [0.29, 0.717) is 18.8 Å². The number of nitrogens with zero attached hydrogens (tertiary/aromatic N) is 1. The predicted octanol–water partition coefficient (Wildman–Crippen LogP) is 4.17. The van der Waals surface area contributed by atoms with Gasteiger partial charge in [-0.15, -0.1) is 0 Å². The second-order valence-corrected chi connectivity index (χ2v) is 9.17. The Morgan fingerprint density at radius 2 is 1.70 bits per heavy atom. The summed E-state index contributed by atoms with van der Waals surface area (Å²) in [6.45, 7) is 5.98. The molecule has 6 nitrogen and oxygen atoms in total. The van der Waals surface area contributed by atoms with E-state index in [9.17, 15) is 27.6 Å². The summed E-state index contributed by atoms with van der Waals surface area (Å²) < 4.78 is 37.9. The van der Waals surface area contributed by atoms with E-state index >= 15 is 0 Å². The Morgan fingerprint density at radius 3 is 2.20 bits per heavy atom. The zero-order valence-corrected chi connectivity index (χ0v) is 17.2. The van der Waals surface area contributed by atoms with Gasteiger partial charge in [0.1, 0.15) is 12.1 Å². The minimum Gasteiger partial charge on any atom is -0.325 e. The van der Waals surface area contributed by atoms with E-state index in [-0.39, 0.29) is 11.1 Å². The highest BCUT2D eigenvalue weighted by atomic mass is 19.4. The van der Waals surface area contributed by atoms with Crippen LogP contribution in [0.4, 0.5) is 23.7 Å². The summed E-state index contributed by atoms with van der Waals surface area (Å²) in [5.74, 6) is -0.619. The number of hydrogen-bond donors (Lipinski definition) is 2. The molecule has 1 aromatic rings. The Bertz CT molecular complexity index is 836. The Balaban J connectivity index is 1.61. The molecule has 2 fully saturated rings. The lowest BCUT2D eigenvalue weighted by atomic mass is 9.67. The van der Waals surface area contributed by atoms with E-state index in [4.69, 9.17) is 0 Å². The first kappa shape index (κ1) is 22.1. The van der Waals surface area contributed by atoms with Crippen LogP contribution in [0.25, 0.3) is 0 Å². The van der Waals surface area contributed by atoms with Crippen molar-refractivity contribution >= 4 is 23.5 Å². The van der Waals surface area contributed by atoms with Crippen molar-refractivity contribution < 1.29 is 27.6 Å². The number of amides is 4.